The fraction of sp³-hybridized carbons (Fsp3) is 0.308. The van der Waals surface area contributed by atoms with Crippen LogP contribution in [0, 0.1) is 0 Å². The zero-order chi connectivity index (χ0) is 14.4. The Kier molecular flexibility index (Phi) is 5.09. The highest BCUT2D eigenvalue weighted by molar-refractivity contribution is 6.30. The molecule has 1 aromatic carbocycles. The Bertz CT molecular complexity index is 584. The minimum absolute atomic E-state index is 0.117. The first-order chi connectivity index (χ1) is 9.67. The van der Waals surface area contributed by atoms with Crippen LogP contribution in [0.2, 0.25) is 5.02 Å². The van der Waals surface area contributed by atoms with E-state index >= 15 is 0 Å². The summed E-state index contributed by atoms with van der Waals surface area (Å²) in [5.74, 6) is -0.174. The second-order valence-electron chi connectivity index (χ2n) is 4.25. The molecular formula is C13H16ClN5O. The summed E-state index contributed by atoms with van der Waals surface area (Å²) in [7, 11) is 0. The Labute approximate surface area is 122 Å². The molecule has 2 rings (SSSR count). The number of hydrogen-bond donors (Lipinski definition) is 2. The summed E-state index contributed by atoms with van der Waals surface area (Å²) in [6, 6.07) is 7.00. The number of carbonyl (C=O) groups excluding carboxylic acids is 1. The molecule has 0 unspecified atom stereocenters. The molecule has 0 aliphatic carbocycles. The van der Waals surface area contributed by atoms with Crippen LogP contribution in [0.1, 0.15) is 12.6 Å². The van der Waals surface area contributed by atoms with E-state index in [0.717, 1.165) is 12.2 Å². The Morgan fingerprint density at radius 2 is 2.30 bits per heavy atom. The van der Waals surface area contributed by atoms with Gasteiger partial charge in [0, 0.05) is 17.3 Å². The Balaban J connectivity index is 1.89. The van der Waals surface area contributed by atoms with Crippen molar-refractivity contribution in [1.82, 2.24) is 20.3 Å². The van der Waals surface area contributed by atoms with E-state index in [9.17, 15) is 4.79 Å². The maximum atomic E-state index is 11.9. The van der Waals surface area contributed by atoms with E-state index in [1.807, 2.05) is 6.92 Å². The van der Waals surface area contributed by atoms with Crippen LogP contribution >= 0.6 is 11.6 Å². The van der Waals surface area contributed by atoms with Crippen LogP contribution in [0.5, 0.6) is 0 Å². The number of anilines is 1. The Morgan fingerprint density at radius 1 is 1.45 bits per heavy atom. The first kappa shape index (κ1) is 14.5. The van der Waals surface area contributed by atoms with Gasteiger partial charge in [0.2, 0.25) is 5.91 Å². The second kappa shape index (κ2) is 7.02. The molecule has 0 spiro atoms. The lowest BCUT2D eigenvalue weighted by molar-refractivity contribution is -0.116. The third kappa shape index (κ3) is 4.32. The number of benzene rings is 1. The molecule has 1 aromatic heterocycles. The number of halogens is 1. The average molecular weight is 294 g/mol. The molecule has 2 N–H and O–H groups in total. The molecule has 106 valence electrons. The fourth-order valence-electron chi connectivity index (χ4n) is 1.66. The molecule has 2 aromatic rings. The number of nitrogens with zero attached hydrogens (tertiary/aromatic N) is 3. The van der Waals surface area contributed by atoms with Gasteiger partial charge in [-0.1, -0.05) is 29.8 Å². The van der Waals surface area contributed by atoms with Crippen LogP contribution in [0.3, 0.4) is 0 Å². The van der Waals surface area contributed by atoms with Crippen LogP contribution in [0.4, 0.5) is 5.69 Å². The van der Waals surface area contributed by atoms with E-state index in [2.05, 4.69) is 20.9 Å². The lowest BCUT2D eigenvalue weighted by Gasteiger charge is -2.05. The van der Waals surface area contributed by atoms with E-state index in [4.69, 9.17) is 11.6 Å². The first-order valence-electron chi connectivity index (χ1n) is 6.32. The van der Waals surface area contributed by atoms with Crippen molar-refractivity contribution in [1.29, 1.82) is 0 Å². The van der Waals surface area contributed by atoms with Crippen molar-refractivity contribution in [2.75, 3.05) is 11.9 Å². The van der Waals surface area contributed by atoms with Gasteiger partial charge in [-0.3, -0.25) is 4.79 Å². The van der Waals surface area contributed by atoms with Crippen molar-refractivity contribution < 1.29 is 4.79 Å². The van der Waals surface area contributed by atoms with Crippen molar-refractivity contribution in [3.05, 3.63) is 41.2 Å². The molecular weight excluding hydrogens is 278 g/mol. The standard InChI is InChI=1S/C13H16ClN5O/c1-2-15-7-12-8-19(18-17-12)9-13(20)16-11-5-3-4-10(14)6-11/h3-6,8,15H,2,7,9H2,1H3,(H,16,20). The number of carbonyl (C=O) groups is 1. The number of aromatic nitrogens is 3. The van der Waals surface area contributed by atoms with Crippen molar-refractivity contribution in [3.8, 4) is 0 Å². The van der Waals surface area contributed by atoms with Gasteiger partial charge in [-0.05, 0) is 24.7 Å². The third-order valence-electron chi connectivity index (χ3n) is 2.56. The molecule has 1 heterocycles. The van der Waals surface area contributed by atoms with E-state index in [1.165, 1.54) is 4.68 Å². The van der Waals surface area contributed by atoms with Gasteiger partial charge < -0.3 is 10.6 Å². The fourth-order valence-corrected chi connectivity index (χ4v) is 1.85. The van der Waals surface area contributed by atoms with Gasteiger partial charge in [0.1, 0.15) is 6.54 Å². The molecule has 0 fully saturated rings. The summed E-state index contributed by atoms with van der Waals surface area (Å²) >= 11 is 5.85. The molecule has 0 saturated heterocycles. The molecule has 20 heavy (non-hydrogen) atoms. The maximum absolute atomic E-state index is 11.9. The topological polar surface area (TPSA) is 71.8 Å². The van der Waals surface area contributed by atoms with Crippen LogP contribution < -0.4 is 10.6 Å². The summed E-state index contributed by atoms with van der Waals surface area (Å²) in [6.07, 6.45) is 1.75. The number of rotatable bonds is 6. The lowest BCUT2D eigenvalue weighted by Crippen LogP contribution is -2.19. The van der Waals surface area contributed by atoms with Crippen LogP contribution in [-0.4, -0.2) is 27.4 Å². The lowest BCUT2D eigenvalue weighted by atomic mass is 10.3. The van der Waals surface area contributed by atoms with Crippen molar-refractivity contribution in [2.45, 2.75) is 20.0 Å². The Morgan fingerprint density at radius 3 is 3.05 bits per heavy atom. The number of hydrogen-bond acceptors (Lipinski definition) is 4. The monoisotopic (exact) mass is 293 g/mol. The van der Waals surface area contributed by atoms with Crippen LogP contribution in [0.25, 0.3) is 0 Å². The van der Waals surface area contributed by atoms with Gasteiger partial charge in [0.25, 0.3) is 0 Å². The molecule has 0 atom stereocenters. The highest BCUT2D eigenvalue weighted by atomic mass is 35.5. The predicted octanol–water partition coefficient (Wildman–Crippen LogP) is 1.68. The summed E-state index contributed by atoms with van der Waals surface area (Å²) < 4.78 is 1.51. The smallest absolute Gasteiger partial charge is 0.246 e. The minimum atomic E-state index is -0.174. The molecule has 6 nitrogen and oxygen atoms in total. The second-order valence-corrected chi connectivity index (χ2v) is 4.68. The quantitative estimate of drug-likeness (QED) is 0.850. The number of amides is 1. The zero-order valence-electron chi connectivity index (χ0n) is 11.1. The van der Waals surface area contributed by atoms with Crippen LogP contribution in [-0.2, 0) is 17.9 Å². The van der Waals surface area contributed by atoms with E-state index in [1.54, 1.807) is 30.5 Å². The highest BCUT2D eigenvalue weighted by Crippen LogP contribution is 2.14. The van der Waals surface area contributed by atoms with Crippen molar-refractivity contribution in [3.63, 3.8) is 0 Å². The minimum Gasteiger partial charge on any atom is -0.324 e. The van der Waals surface area contributed by atoms with Gasteiger partial charge in [0.05, 0.1) is 11.9 Å². The SMILES string of the molecule is CCNCc1cn(CC(=O)Nc2cccc(Cl)c2)nn1. The van der Waals surface area contributed by atoms with Gasteiger partial charge >= 0.3 is 0 Å². The summed E-state index contributed by atoms with van der Waals surface area (Å²) in [5.41, 5.74) is 1.47. The van der Waals surface area contributed by atoms with Crippen molar-refractivity contribution >= 4 is 23.2 Å². The molecule has 0 aliphatic rings. The van der Waals surface area contributed by atoms with Gasteiger partial charge in [-0.2, -0.15) is 0 Å². The molecule has 7 heteroatoms. The van der Waals surface area contributed by atoms with E-state index < -0.39 is 0 Å². The van der Waals surface area contributed by atoms with Crippen LogP contribution in [0.15, 0.2) is 30.5 Å². The molecule has 1 amide bonds. The van der Waals surface area contributed by atoms with E-state index in [-0.39, 0.29) is 12.5 Å². The van der Waals surface area contributed by atoms with E-state index in [0.29, 0.717) is 17.3 Å². The average Bonchev–Trinajstić information content (AvgIpc) is 2.83. The highest BCUT2D eigenvalue weighted by Gasteiger charge is 2.06. The number of nitrogens with one attached hydrogen (secondary N) is 2. The van der Waals surface area contributed by atoms with Gasteiger partial charge in [-0.15, -0.1) is 5.10 Å². The predicted molar refractivity (Wildman–Crippen MR) is 77.5 cm³/mol. The zero-order valence-corrected chi connectivity index (χ0v) is 11.9. The normalized spacial score (nSPS) is 10.5. The molecule has 0 aliphatic heterocycles. The molecule has 0 saturated carbocycles. The molecule has 0 radical (unpaired) electrons. The maximum Gasteiger partial charge on any atom is 0.246 e. The van der Waals surface area contributed by atoms with Gasteiger partial charge in [0.15, 0.2) is 0 Å². The third-order valence-corrected chi connectivity index (χ3v) is 2.79. The molecule has 0 bridgehead atoms. The first-order valence-corrected chi connectivity index (χ1v) is 6.70. The Hall–Kier alpha value is -1.92. The summed E-state index contributed by atoms with van der Waals surface area (Å²) in [6.45, 7) is 3.64. The largest absolute Gasteiger partial charge is 0.324 e. The summed E-state index contributed by atoms with van der Waals surface area (Å²) in [4.78, 5) is 11.9. The van der Waals surface area contributed by atoms with Gasteiger partial charge in [-0.25, -0.2) is 4.68 Å². The van der Waals surface area contributed by atoms with Crippen molar-refractivity contribution in [2.24, 2.45) is 0 Å². The summed E-state index contributed by atoms with van der Waals surface area (Å²) in [5, 5.41) is 14.4.